The van der Waals surface area contributed by atoms with Crippen LogP contribution in [0.3, 0.4) is 0 Å². The molecule has 3 nitrogen and oxygen atoms in total. The van der Waals surface area contributed by atoms with Crippen LogP contribution >= 0.6 is 0 Å². The molecule has 0 saturated heterocycles. The summed E-state index contributed by atoms with van der Waals surface area (Å²) >= 11 is 0. The molecule has 0 aliphatic heterocycles. The van der Waals surface area contributed by atoms with Gasteiger partial charge in [-0.2, -0.15) is 0 Å². The summed E-state index contributed by atoms with van der Waals surface area (Å²) in [6.07, 6.45) is 1.52. The Balaban J connectivity index is 4.59. The Morgan fingerprint density at radius 1 is 1.22 bits per heavy atom. The molecule has 0 aliphatic rings. The number of nitrogens with zero attached hydrogens (tertiary/aromatic N) is 1. The number of amides is 1. The lowest BCUT2D eigenvalue weighted by atomic mass is 10.1. The Morgan fingerprint density at radius 3 is 2.17 bits per heavy atom. The summed E-state index contributed by atoms with van der Waals surface area (Å²) < 4.78 is 31.3. The molecule has 0 atom stereocenters. The fraction of sp³-hybridized carbons (Fsp3) is 0.923. The Morgan fingerprint density at radius 2 is 1.78 bits per heavy atom. The highest BCUT2D eigenvalue weighted by Crippen LogP contribution is 2.19. The molecule has 1 amide bonds. The lowest BCUT2D eigenvalue weighted by molar-refractivity contribution is -0.0342. The van der Waals surface area contributed by atoms with Gasteiger partial charge in [-0.1, -0.05) is 20.3 Å². The summed E-state index contributed by atoms with van der Waals surface area (Å²) in [5, 5.41) is 0. The first kappa shape index (κ1) is 17.1. The second-order valence-electron chi connectivity index (χ2n) is 5.33. The van der Waals surface area contributed by atoms with E-state index in [1.807, 2.05) is 13.8 Å². The maximum Gasteiger partial charge on any atom is 0.410 e. The van der Waals surface area contributed by atoms with E-state index in [-0.39, 0.29) is 0 Å². The molecule has 0 aromatic rings. The van der Waals surface area contributed by atoms with Gasteiger partial charge >= 0.3 is 6.09 Å². The van der Waals surface area contributed by atoms with Crippen LogP contribution in [0.2, 0.25) is 0 Å². The number of unbranched alkanes of at least 4 members (excludes halogenated alkanes) is 1. The number of carbonyl (C=O) groups is 1. The topological polar surface area (TPSA) is 29.5 Å². The molecule has 108 valence electrons. The first-order chi connectivity index (χ1) is 8.11. The van der Waals surface area contributed by atoms with Gasteiger partial charge in [-0.25, -0.2) is 13.6 Å². The lowest BCUT2D eigenvalue weighted by Gasteiger charge is -2.30. The van der Waals surface area contributed by atoms with Crippen LogP contribution in [0.15, 0.2) is 0 Å². The van der Waals surface area contributed by atoms with E-state index in [9.17, 15) is 13.6 Å². The van der Waals surface area contributed by atoms with Crippen LogP contribution in [0.4, 0.5) is 13.6 Å². The van der Waals surface area contributed by atoms with Gasteiger partial charge in [-0.3, -0.25) is 0 Å². The van der Waals surface area contributed by atoms with Crippen molar-refractivity contribution in [1.29, 1.82) is 0 Å². The summed E-state index contributed by atoms with van der Waals surface area (Å²) in [5.41, 5.74) is -0.620. The Hall–Kier alpha value is -0.870. The molecular weight excluding hydrogens is 240 g/mol. The minimum Gasteiger partial charge on any atom is -0.443 e. The molecule has 0 aliphatic carbocycles. The minimum absolute atomic E-state index is 0.304. The van der Waals surface area contributed by atoms with Gasteiger partial charge in [0.15, 0.2) is 0 Å². The smallest absolute Gasteiger partial charge is 0.410 e. The summed E-state index contributed by atoms with van der Waals surface area (Å²) in [7, 11) is 0. The van der Waals surface area contributed by atoms with Crippen molar-refractivity contribution in [2.24, 2.45) is 0 Å². The fourth-order valence-corrected chi connectivity index (χ4v) is 1.29. The van der Waals surface area contributed by atoms with E-state index in [0.717, 1.165) is 18.2 Å². The highest BCUT2D eigenvalue weighted by molar-refractivity contribution is 5.68. The van der Waals surface area contributed by atoms with Crippen molar-refractivity contribution in [2.75, 3.05) is 13.1 Å². The first-order valence-electron chi connectivity index (χ1n) is 6.47. The Labute approximate surface area is 108 Å². The average Bonchev–Trinajstić information content (AvgIpc) is 2.22. The largest absolute Gasteiger partial charge is 0.443 e. The van der Waals surface area contributed by atoms with Crippen molar-refractivity contribution in [3.05, 3.63) is 0 Å². The number of halogens is 2. The fourth-order valence-electron chi connectivity index (χ4n) is 1.29. The molecule has 0 heterocycles. The number of hydrogen-bond acceptors (Lipinski definition) is 2. The molecule has 0 saturated carbocycles. The van der Waals surface area contributed by atoms with E-state index >= 15 is 0 Å². The molecule has 0 aromatic heterocycles. The highest BCUT2D eigenvalue weighted by Gasteiger charge is 2.31. The SMILES string of the molecule is CCCCN(CC(C)(F)F)C(=O)OC(C)(C)CC. The zero-order valence-electron chi connectivity index (χ0n) is 12.1. The number of hydrogen-bond donors (Lipinski definition) is 0. The molecule has 0 fully saturated rings. The minimum atomic E-state index is -2.90. The van der Waals surface area contributed by atoms with Crippen molar-refractivity contribution in [3.8, 4) is 0 Å². The van der Waals surface area contributed by atoms with Crippen molar-refractivity contribution in [2.45, 2.75) is 65.4 Å². The molecule has 0 spiro atoms. The van der Waals surface area contributed by atoms with Gasteiger partial charge in [0, 0.05) is 13.5 Å². The summed E-state index contributed by atoms with van der Waals surface area (Å²) in [6.45, 7) is 7.90. The van der Waals surface area contributed by atoms with Crippen molar-refractivity contribution in [1.82, 2.24) is 4.90 Å². The summed E-state index contributed by atoms with van der Waals surface area (Å²) in [5.74, 6) is -2.90. The maximum absolute atomic E-state index is 13.0. The van der Waals surface area contributed by atoms with Crippen molar-refractivity contribution in [3.63, 3.8) is 0 Å². The van der Waals surface area contributed by atoms with Crippen LogP contribution in [-0.4, -0.2) is 35.6 Å². The molecule has 18 heavy (non-hydrogen) atoms. The van der Waals surface area contributed by atoms with Gasteiger partial charge in [0.05, 0.1) is 6.54 Å². The van der Waals surface area contributed by atoms with Gasteiger partial charge in [-0.05, 0) is 26.7 Å². The number of alkyl halides is 2. The standard InChI is InChI=1S/C13H25F2NO2/c1-6-8-9-16(10-13(5,14)15)11(17)18-12(3,4)7-2/h6-10H2,1-5H3. The lowest BCUT2D eigenvalue weighted by Crippen LogP contribution is -2.43. The Bertz CT molecular complexity index is 262. The van der Waals surface area contributed by atoms with E-state index < -0.39 is 24.2 Å². The van der Waals surface area contributed by atoms with Crippen LogP contribution in [0.5, 0.6) is 0 Å². The van der Waals surface area contributed by atoms with Crippen LogP contribution < -0.4 is 0 Å². The number of ether oxygens (including phenoxy) is 1. The third kappa shape index (κ3) is 7.45. The molecule has 0 N–H and O–H groups in total. The third-order valence-electron chi connectivity index (χ3n) is 2.72. The van der Waals surface area contributed by atoms with Crippen LogP contribution in [0, 0.1) is 0 Å². The Kier molecular flexibility index (Phi) is 6.57. The van der Waals surface area contributed by atoms with Gasteiger partial charge in [0.25, 0.3) is 5.92 Å². The third-order valence-corrected chi connectivity index (χ3v) is 2.72. The second kappa shape index (κ2) is 6.90. The predicted octanol–water partition coefficient (Wildman–Crippen LogP) is 4.07. The van der Waals surface area contributed by atoms with E-state index in [2.05, 4.69) is 0 Å². The summed E-state index contributed by atoms with van der Waals surface area (Å²) in [6, 6.07) is 0. The molecule has 0 bridgehead atoms. The van der Waals surface area contributed by atoms with Crippen LogP contribution in [0.25, 0.3) is 0 Å². The monoisotopic (exact) mass is 265 g/mol. The second-order valence-corrected chi connectivity index (χ2v) is 5.33. The van der Waals surface area contributed by atoms with Crippen LogP contribution in [-0.2, 0) is 4.74 Å². The number of rotatable bonds is 7. The van der Waals surface area contributed by atoms with Crippen molar-refractivity contribution < 1.29 is 18.3 Å². The van der Waals surface area contributed by atoms with Gasteiger partial charge in [0.1, 0.15) is 5.60 Å². The molecule has 0 unspecified atom stereocenters. The zero-order valence-corrected chi connectivity index (χ0v) is 12.1. The van der Waals surface area contributed by atoms with Gasteiger partial charge in [-0.15, -0.1) is 0 Å². The van der Waals surface area contributed by atoms with E-state index in [1.54, 1.807) is 13.8 Å². The van der Waals surface area contributed by atoms with Gasteiger partial charge in [0.2, 0.25) is 0 Å². The average molecular weight is 265 g/mol. The first-order valence-corrected chi connectivity index (χ1v) is 6.47. The zero-order chi connectivity index (χ0) is 14.4. The number of carbonyl (C=O) groups excluding carboxylic acids is 1. The highest BCUT2D eigenvalue weighted by atomic mass is 19.3. The quantitative estimate of drug-likeness (QED) is 0.694. The van der Waals surface area contributed by atoms with E-state index in [0.29, 0.717) is 19.4 Å². The van der Waals surface area contributed by atoms with Crippen LogP contribution in [0.1, 0.15) is 53.9 Å². The maximum atomic E-state index is 13.0. The van der Waals surface area contributed by atoms with Crippen molar-refractivity contribution >= 4 is 6.09 Å². The normalized spacial score (nSPS) is 12.4. The molecule has 0 aromatic carbocycles. The predicted molar refractivity (Wildman–Crippen MR) is 68.0 cm³/mol. The summed E-state index contributed by atoms with van der Waals surface area (Å²) in [4.78, 5) is 13.0. The molecule has 5 heteroatoms. The van der Waals surface area contributed by atoms with E-state index in [1.165, 1.54) is 0 Å². The van der Waals surface area contributed by atoms with E-state index in [4.69, 9.17) is 4.74 Å². The molecule has 0 radical (unpaired) electrons. The molecular formula is C13H25F2NO2. The van der Waals surface area contributed by atoms with Gasteiger partial charge < -0.3 is 9.64 Å². The molecule has 0 rings (SSSR count).